The van der Waals surface area contributed by atoms with Crippen molar-refractivity contribution in [1.82, 2.24) is 9.97 Å². The lowest BCUT2D eigenvalue weighted by atomic mass is 10.0. The number of nitrogens with two attached hydrogens (primary N) is 1. The Morgan fingerprint density at radius 1 is 1.50 bits per heavy atom. The van der Waals surface area contributed by atoms with Crippen LogP contribution in [0.5, 0.6) is 5.75 Å². The van der Waals surface area contributed by atoms with Gasteiger partial charge in [-0.3, -0.25) is 0 Å². The van der Waals surface area contributed by atoms with Gasteiger partial charge in [-0.2, -0.15) is 0 Å². The number of aromatic amines is 1. The average Bonchev–Trinajstić information content (AvgIpc) is 2.82. The van der Waals surface area contributed by atoms with Crippen LogP contribution in [0.4, 0.5) is 0 Å². The molecule has 1 atom stereocenters. The summed E-state index contributed by atoms with van der Waals surface area (Å²) in [5, 5.41) is 0. The molecule has 0 aliphatic carbocycles. The molecule has 1 aromatic carbocycles. The first-order chi connectivity index (χ1) is 7.79. The van der Waals surface area contributed by atoms with Crippen molar-refractivity contribution in [1.29, 1.82) is 0 Å². The van der Waals surface area contributed by atoms with E-state index in [-0.39, 0.29) is 6.04 Å². The largest absolute Gasteiger partial charge is 0.497 e. The second-order valence-corrected chi connectivity index (χ2v) is 3.66. The van der Waals surface area contributed by atoms with Crippen LogP contribution in [0.3, 0.4) is 0 Å². The maximum Gasteiger partial charge on any atom is 0.119 e. The monoisotopic (exact) mass is 217 g/mol. The van der Waals surface area contributed by atoms with Crippen LogP contribution in [0.25, 0.3) is 0 Å². The van der Waals surface area contributed by atoms with Gasteiger partial charge in [0.15, 0.2) is 0 Å². The second kappa shape index (κ2) is 4.81. The number of ether oxygens (including phenoxy) is 1. The van der Waals surface area contributed by atoms with E-state index in [1.807, 2.05) is 24.3 Å². The average molecular weight is 217 g/mol. The molecule has 0 bridgehead atoms. The molecule has 1 unspecified atom stereocenters. The first-order valence-corrected chi connectivity index (χ1v) is 5.16. The summed E-state index contributed by atoms with van der Waals surface area (Å²) in [7, 11) is 1.65. The number of nitrogens with one attached hydrogen (secondary N) is 1. The lowest BCUT2D eigenvalue weighted by molar-refractivity contribution is 0.413. The predicted octanol–water partition coefficient (Wildman–Crippen LogP) is 1.66. The summed E-state index contributed by atoms with van der Waals surface area (Å²) >= 11 is 0. The van der Waals surface area contributed by atoms with E-state index in [1.54, 1.807) is 19.6 Å². The molecule has 0 fully saturated rings. The molecule has 2 aromatic rings. The van der Waals surface area contributed by atoms with Gasteiger partial charge in [-0.15, -0.1) is 0 Å². The van der Waals surface area contributed by atoms with Gasteiger partial charge in [-0.1, -0.05) is 12.1 Å². The van der Waals surface area contributed by atoms with Gasteiger partial charge < -0.3 is 15.5 Å². The fraction of sp³-hybridized carbons (Fsp3) is 0.250. The van der Waals surface area contributed by atoms with Crippen LogP contribution < -0.4 is 10.5 Å². The Bertz CT molecular complexity index is 439. The third-order valence-electron chi connectivity index (χ3n) is 2.52. The maximum absolute atomic E-state index is 6.11. The van der Waals surface area contributed by atoms with E-state index >= 15 is 0 Å². The van der Waals surface area contributed by atoms with E-state index in [0.29, 0.717) is 0 Å². The van der Waals surface area contributed by atoms with Crippen LogP contribution in [0.1, 0.15) is 17.3 Å². The lowest BCUT2D eigenvalue weighted by Gasteiger charge is -2.11. The zero-order valence-electron chi connectivity index (χ0n) is 9.18. The number of aromatic nitrogens is 2. The molecule has 2 rings (SSSR count). The Morgan fingerprint density at radius 2 is 2.38 bits per heavy atom. The molecule has 16 heavy (non-hydrogen) atoms. The molecule has 0 radical (unpaired) electrons. The highest BCUT2D eigenvalue weighted by atomic mass is 16.5. The molecule has 0 amide bonds. The molecule has 1 heterocycles. The van der Waals surface area contributed by atoms with E-state index < -0.39 is 0 Å². The number of hydrogen-bond donors (Lipinski definition) is 2. The Kier molecular flexibility index (Phi) is 3.22. The van der Waals surface area contributed by atoms with Gasteiger partial charge in [0.1, 0.15) is 5.75 Å². The summed E-state index contributed by atoms with van der Waals surface area (Å²) < 4.78 is 5.16. The molecular weight excluding hydrogens is 202 g/mol. The molecular formula is C12H15N3O. The predicted molar refractivity (Wildman–Crippen MR) is 62.2 cm³/mol. The topological polar surface area (TPSA) is 63.9 Å². The third kappa shape index (κ3) is 2.41. The van der Waals surface area contributed by atoms with Crippen molar-refractivity contribution in [2.75, 3.05) is 7.11 Å². The molecule has 3 N–H and O–H groups in total. The molecule has 4 nitrogen and oxygen atoms in total. The summed E-state index contributed by atoms with van der Waals surface area (Å²) in [6.07, 6.45) is 4.20. The van der Waals surface area contributed by atoms with Gasteiger partial charge in [-0.25, -0.2) is 4.98 Å². The van der Waals surface area contributed by atoms with Gasteiger partial charge in [0.25, 0.3) is 0 Å². The quantitative estimate of drug-likeness (QED) is 0.818. The molecule has 0 aliphatic rings. The Balaban J connectivity index is 2.11. The zero-order valence-corrected chi connectivity index (χ0v) is 9.18. The number of imidazole rings is 1. The van der Waals surface area contributed by atoms with Crippen LogP contribution in [-0.4, -0.2) is 17.1 Å². The van der Waals surface area contributed by atoms with Crippen LogP contribution >= 0.6 is 0 Å². The van der Waals surface area contributed by atoms with Gasteiger partial charge in [0, 0.05) is 24.4 Å². The second-order valence-electron chi connectivity index (χ2n) is 3.66. The zero-order chi connectivity index (χ0) is 11.4. The maximum atomic E-state index is 6.11. The summed E-state index contributed by atoms with van der Waals surface area (Å²) in [6.45, 7) is 0. The summed E-state index contributed by atoms with van der Waals surface area (Å²) in [6, 6.07) is 7.77. The summed E-state index contributed by atoms with van der Waals surface area (Å²) in [4.78, 5) is 7.01. The molecule has 0 spiro atoms. The number of benzene rings is 1. The molecule has 4 heteroatoms. The number of H-pyrrole nitrogens is 1. The number of nitrogens with zero attached hydrogens (tertiary/aromatic N) is 1. The first kappa shape index (κ1) is 10.7. The van der Waals surface area contributed by atoms with Gasteiger partial charge in [-0.05, 0) is 17.7 Å². The third-order valence-corrected chi connectivity index (χ3v) is 2.52. The highest BCUT2D eigenvalue weighted by Gasteiger charge is 2.08. The van der Waals surface area contributed by atoms with E-state index in [0.717, 1.165) is 23.4 Å². The van der Waals surface area contributed by atoms with Crippen molar-refractivity contribution >= 4 is 0 Å². The van der Waals surface area contributed by atoms with Crippen molar-refractivity contribution in [2.45, 2.75) is 12.5 Å². The van der Waals surface area contributed by atoms with Crippen LogP contribution in [0.15, 0.2) is 36.8 Å². The van der Waals surface area contributed by atoms with Crippen LogP contribution in [0, 0.1) is 0 Å². The van der Waals surface area contributed by atoms with E-state index in [1.165, 1.54) is 0 Å². The van der Waals surface area contributed by atoms with E-state index in [4.69, 9.17) is 10.5 Å². The van der Waals surface area contributed by atoms with Crippen molar-refractivity contribution in [3.05, 3.63) is 48.0 Å². The fourth-order valence-electron chi connectivity index (χ4n) is 1.62. The minimum absolute atomic E-state index is 0.0458. The Hall–Kier alpha value is -1.81. The molecule has 0 saturated heterocycles. The molecule has 1 aromatic heterocycles. The van der Waals surface area contributed by atoms with E-state index in [2.05, 4.69) is 9.97 Å². The molecule has 0 saturated carbocycles. The Morgan fingerprint density at radius 3 is 3.06 bits per heavy atom. The molecule has 84 valence electrons. The Labute approximate surface area is 94.5 Å². The van der Waals surface area contributed by atoms with Crippen LogP contribution in [0.2, 0.25) is 0 Å². The highest BCUT2D eigenvalue weighted by Crippen LogP contribution is 2.19. The van der Waals surface area contributed by atoms with Crippen molar-refractivity contribution in [2.24, 2.45) is 5.73 Å². The van der Waals surface area contributed by atoms with Gasteiger partial charge in [0.2, 0.25) is 0 Å². The fourth-order valence-corrected chi connectivity index (χ4v) is 1.62. The van der Waals surface area contributed by atoms with E-state index in [9.17, 15) is 0 Å². The minimum Gasteiger partial charge on any atom is -0.497 e. The summed E-state index contributed by atoms with van der Waals surface area (Å²) in [5.41, 5.74) is 8.21. The smallest absolute Gasteiger partial charge is 0.119 e. The highest BCUT2D eigenvalue weighted by molar-refractivity contribution is 5.30. The van der Waals surface area contributed by atoms with Crippen molar-refractivity contribution in [3.8, 4) is 5.75 Å². The molecule has 0 aliphatic heterocycles. The van der Waals surface area contributed by atoms with Gasteiger partial charge >= 0.3 is 0 Å². The lowest BCUT2D eigenvalue weighted by Crippen LogP contribution is -2.13. The minimum atomic E-state index is -0.0458. The van der Waals surface area contributed by atoms with Crippen molar-refractivity contribution in [3.63, 3.8) is 0 Å². The summed E-state index contributed by atoms with van der Waals surface area (Å²) in [5.74, 6) is 0.831. The standard InChI is InChI=1S/C12H15N3O/c1-16-11-4-2-3-9(5-11)12(13)6-10-7-14-8-15-10/h2-5,7-8,12H,6,13H2,1H3,(H,14,15). The van der Waals surface area contributed by atoms with Crippen molar-refractivity contribution < 1.29 is 4.74 Å². The number of methoxy groups -OCH3 is 1. The normalized spacial score (nSPS) is 12.4. The number of rotatable bonds is 4. The van der Waals surface area contributed by atoms with Crippen LogP contribution in [-0.2, 0) is 6.42 Å². The van der Waals surface area contributed by atoms with Gasteiger partial charge in [0.05, 0.1) is 13.4 Å². The SMILES string of the molecule is COc1cccc(C(N)Cc2cnc[nH]2)c1. The number of hydrogen-bond acceptors (Lipinski definition) is 3. The first-order valence-electron chi connectivity index (χ1n) is 5.16.